The van der Waals surface area contributed by atoms with Crippen molar-refractivity contribution in [2.75, 3.05) is 39.5 Å². The van der Waals surface area contributed by atoms with Gasteiger partial charge in [0.2, 0.25) is 7.37 Å². The van der Waals surface area contributed by atoms with Crippen LogP contribution in [-0.2, 0) is 29.9 Å². The number of nitrogens with zero attached hydrogens (tertiary/aromatic N) is 2. The summed E-state index contributed by atoms with van der Waals surface area (Å²) in [6, 6.07) is 15.7. The number of imide groups is 1. The molecule has 1 aliphatic heterocycles. The van der Waals surface area contributed by atoms with E-state index in [0.29, 0.717) is 13.1 Å². The summed E-state index contributed by atoms with van der Waals surface area (Å²) in [6.45, 7) is 12.8. The predicted octanol–water partition coefficient (Wildman–Crippen LogP) is 7.66. The summed E-state index contributed by atoms with van der Waals surface area (Å²) in [5.41, 5.74) is 1.28. The Morgan fingerprint density at radius 2 is 1.60 bits per heavy atom. The van der Waals surface area contributed by atoms with Crippen molar-refractivity contribution in [2.45, 2.75) is 90.6 Å². The Hall–Kier alpha value is -3.40. The van der Waals surface area contributed by atoms with Crippen LogP contribution in [-0.4, -0.2) is 88.9 Å². The van der Waals surface area contributed by atoms with Crippen molar-refractivity contribution in [3.05, 3.63) is 54.1 Å². The first kappa shape index (κ1) is 38.1. The Kier molecular flexibility index (Phi) is 12.7. The fraction of sp³-hybridized carbons (Fsp3) is 0.571. The summed E-state index contributed by atoms with van der Waals surface area (Å²) in [6.07, 6.45) is -1.06. The lowest BCUT2D eigenvalue weighted by molar-refractivity contribution is -0.141. The summed E-state index contributed by atoms with van der Waals surface area (Å²) < 4.78 is 36.5. The van der Waals surface area contributed by atoms with E-state index in [1.807, 2.05) is 53.4 Å². The van der Waals surface area contributed by atoms with Gasteiger partial charge >= 0.3 is 18.2 Å². The Labute approximate surface area is 279 Å². The molecular weight excluding hydrogens is 623 g/mol. The van der Waals surface area contributed by atoms with Crippen LogP contribution >= 0.6 is 7.37 Å². The van der Waals surface area contributed by atoms with Gasteiger partial charge in [-0.2, -0.15) is 0 Å². The zero-order valence-corrected chi connectivity index (χ0v) is 29.9. The monoisotopic (exact) mass is 674 g/mol. The summed E-state index contributed by atoms with van der Waals surface area (Å²) in [5, 5.41) is 9.04. The van der Waals surface area contributed by atoms with E-state index < -0.39 is 41.9 Å². The number of amides is 2. The third kappa shape index (κ3) is 10.0. The van der Waals surface area contributed by atoms with Crippen molar-refractivity contribution >= 4 is 25.5 Å². The quantitative estimate of drug-likeness (QED) is 0.177. The van der Waals surface area contributed by atoms with Crippen molar-refractivity contribution in [1.29, 1.82) is 0 Å². The first-order valence-electron chi connectivity index (χ1n) is 16.1. The summed E-state index contributed by atoms with van der Waals surface area (Å²) in [7, 11) is -2.03. The van der Waals surface area contributed by atoms with Crippen LogP contribution in [0.15, 0.2) is 48.5 Å². The second-order valence-electron chi connectivity index (χ2n) is 13.8. The number of ether oxygens (including phenoxy) is 3. The highest BCUT2D eigenvalue weighted by Crippen LogP contribution is 2.63. The number of carboxylic acid groups (broad SMARTS) is 1. The maximum absolute atomic E-state index is 14.3. The number of carboxylic acids is 1. The van der Waals surface area contributed by atoms with E-state index in [1.165, 1.54) is 0 Å². The van der Waals surface area contributed by atoms with E-state index in [-0.39, 0.29) is 45.1 Å². The van der Waals surface area contributed by atoms with Crippen LogP contribution in [0, 0.1) is 0 Å². The average molecular weight is 675 g/mol. The normalized spacial score (nSPS) is 20.3. The molecule has 0 bridgehead atoms. The molecule has 1 N–H and O–H groups in total. The predicted molar refractivity (Wildman–Crippen MR) is 181 cm³/mol. The van der Waals surface area contributed by atoms with Crippen molar-refractivity contribution in [3.63, 3.8) is 0 Å². The highest BCUT2D eigenvalue weighted by molar-refractivity contribution is 7.62. The van der Waals surface area contributed by atoms with E-state index in [4.69, 9.17) is 18.7 Å². The second-order valence-corrected chi connectivity index (χ2v) is 16.7. The molecule has 260 valence electrons. The minimum Gasteiger partial charge on any atom is -0.497 e. The molecule has 2 unspecified atom stereocenters. The fourth-order valence-electron chi connectivity index (χ4n) is 5.69. The van der Waals surface area contributed by atoms with Gasteiger partial charge in [-0.05, 0) is 96.6 Å². The smallest absolute Gasteiger partial charge is 0.419 e. The molecule has 2 aromatic rings. The Balaban J connectivity index is 1.84. The molecule has 11 nitrogen and oxygen atoms in total. The molecule has 2 atom stereocenters. The van der Waals surface area contributed by atoms with Gasteiger partial charge in [-0.25, -0.2) is 14.5 Å². The lowest BCUT2D eigenvalue weighted by atomic mass is 9.97. The van der Waals surface area contributed by atoms with Crippen LogP contribution < -0.4 is 4.74 Å². The van der Waals surface area contributed by atoms with E-state index >= 15 is 0 Å². The molecule has 3 rings (SSSR count). The third-order valence-electron chi connectivity index (χ3n) is 7.83. The molecule has 1 saturated heterocycles. The van der Waals surface area contributed by atoms with E-state index in [0.717, 1.165) is 27.3 Å². The van der Waals surface area contributed by atoms with Crippen LogP contribution in [0.1, 0.15) is 73.3 Å². The van der Waals surface area contributed by atoms with Crippen LogP contribution in [0.25, 0.3) is 11.1 Å². The van der Waals surface area contributed by atoms with Crippen molar-refractivity contribution in [1.82, 2.24) is 9.80 Å². The summed E-state index contributed by atoms with van der Waals surface area (Å²) in [5.74, 6) is -0.453. The number of methoxy groups -OCH3 is 1. The highest BCUT2D eigenvalue weighted by atomic mass is 31.2. The average Bonchev–Trinajstić information content (AvgIpc) is 2.97. The van der Waals surface area contributed by atoms with Gasteiger partial charge in [0.15, 0.2) is 5.16 Å². The van der Waals surface area contributed by atoms with E-state index in [1.54, 1.807) is 55.6 Å². The lowest BCUT2D eigenvalue weighted by Crippen LogP contribution is -2.54. The maximum Gasteiger partial charge on any atom is 0.419 e. The van der Waals surface area contributed by atoms with Gasteiger partial charge in [-0.3, -0.25) is 14.3 Å². The summed E-state index contributed by atoms with van der Waals surface area (Å²) in [4.78, 5) is 42.0. The molecule has 0 spiro atoms. The van der Waals surface area contributed by atoms with Crippen molar-refractivity contribution < 1.29 is 42.8 Å². The molecule has 1 fully saturated rings. The Morgan fingerprint density at radius 3 is 2.17 bits per heavy atom. The summed E-state index contributed by atoms with van der Waals surface area (Å²) >= 11 is 0. The van der Waals surface area contributed by atoms with E-state index in [2.05, 4.69) is 0 Å². The molecule has 0 aliphatic carbocycles. The molecule has 0 radical (unpaired) electrons. The standard InChI is InChI=1S/C35H51N2O9P/c1-9-44-47(42)22-21-36(24-27-15-10-11-18-29(27)26-16-14-17-28(23-26)43-8)25-35(47,30(38)39)19-12-13-20-37(31(40)45-33(2,3)4)32(41)46-34(5,6)7/h10-11,14-18,23H,9,12-13,19-22,24-25H2,1-8H3,(H,38,39). The molecule has 1 aliphatic rings. The van der Waals surface area contributed by atoms with Gasteiger partial charge in [-0.1, -0.05) is 36.4 Å². The first-order chi connectivity index (χ1) is 21.9. The number of aliphatic carboxylic acids is 1. The highest BCUT2D eigenvalue weighted by Gasteiger charge is 2.58. The molecule has 47 heavy (non-hydrogen) atoms. The number of hydrogen-bond donors (Lipinski definition) is 1. The molecule has 0 aromatic heterocycles. The molecule has 2 amide bonds. The van der Waals surface area contributed by atoms with Gasteiger partial charge < -0.3 is 23.8 Å². The number of carbonyl (C=O) groups is 3. The molecule has 1 heterocycles. The van der Waals surface area contributed by atoms with Crippen LogP contribution in [0.4, 0.5) is 9.59 Å². The molecule has 12 heteroatoms. The van der Waals surface area contributed by atoms with Gasteiger partial charge in [0.05, 0.1) is 13.7 Å². The van der Waals surface area contributed by atoms with Gasteiger partial charge in [0.1, 0.15) is 17.0 Å². The molecular formula is C35H51N2O9P. The number of hydrogen-bond acceptors (Lipinski definition) is 9. The topological polar surface area (TPSA) is 132 Å². The van der Waals surface area contributed by atoms with Crippen LogP contribution in [0.3, 0.4) is 0 Å². The minimum atomic E-state index is -3.65. The van der Waals surface area contributed by atoms with Crippen molar-refractivity contribution in [2.24, 2.45) is 0 Å². The van der Waals surface area contributed by atoms with E-state index in [9.17, 15) is 24.1 Å². The Morgan fingerprint density at radius 1 is 0.957 bits per heavy atom. The lowest BCUT2D eigenvalue weighted by Gasteiger charge is -2.45. The van der Waals surface area contributed by atoms with Gasteiger partial charge in [0, 0.05) is 32.3 Å². The second kappa shape index (κ2) is 15.7. The van der Waals surface area contributed by atoms with Crippen molar-refractivity contribution in [3.8, 4) is 16.9 Å². The first-order valence-corrected chi connectivity index (χ1v) is 17.9. The van der Waals surface area contributed by atoms with Crippen LogP contribution in [0.2, 0.25) is 0 Å². The fourth-order valence-corrected chi connectivity index (χ4v) is 8.67. The van der Waals surface area contributed by atoms with Crippen LogP contribution in [0.5, 0.6) is 5.75 Å². The zero-order chi connectivity index (χ0) is 35.0. The SMILES string of the molecule is CCOP1(=O)CCN(Cc2ccccc2-c2cccc(OC)c2)CC1(CCCCN(C(=O)OC(C)(C)C)C(=O)OC(C)(C)C)C(=O)O. The molecule has 0 saturated carbocycles. The number of benzene rings is 2. The maximum atomic E-state index is 14.3. The minimum absolute atomic E-state index is 0.0217. The van der Waals surface area contributed by atoms with Gasteiger partial charge in [0.25, 0.3) is 0 Å². The molecule has 2 aromatic carbocycles. The Bertz CT molecular complexity index is 1420. The largest absolute Gasteiger partial charge is 0.497 e. The van der Waals surface area contributed by atoms with Gasteiger partial charge in [-0.15, -0.1) is 0 Å². The number of rotatable bonds is 12. The number of unbranched alkanes of at least 4 members (excludes halogenated alkanes) is 1. The number of carbonyl (C=O) groups excluding carboxylic acids is 2. The zero-order valence-electron chi connectivity index (χ0n) is 29.0. The third-order valence-corrected chi connectivity index (χ3v) is 11.2.